The highest BCUT2D eigenvalue weighted by atomic mass is 35.5. The van der Waals surface area contributed by atoms with Crippen molar-refractivity contribution in [2.75, 3.05) is 11.1 Å². The SMILES string of the molecule is Cn1c(Cc2ccc(Cl)cc2)nnc1SCC(=O)Nc1nc(-c2ccc(Cl)cc2)cs1. The normalized spacial score (nSPS) is 10.9. The first-order valence-electron chi connectivity index (χ1n) is 9.25. The highest BCUT2D eigenvalue weighted by Crippen LogP contribution is 2.26. The van der Waals surface area contributed by atoms with E-state index in [0.717, 1.165) is 22.6 Å². The van der Waals surface area contributed by atoms with E-state index < -0.39 is 0 Å². The molecule has 4 rings (SSSR count). The summed E-state index contributed by atoms with van der Waals surface area (Å²) in [6, 6.07) is 15.0. The molecule has 0 atom stereocenters. The van der Waals surface area contributed by atoms with E-state index in [9.17, 15) is 4.79 Å². The zero-order valence-electron chi connectivity index (χ0n) is 16.4. The number of carbonyl (C=O) groups excluding carboxylic acids is 1. The quantitative estimate of drug-likeness (QED) is 0.343. The molecule has 158 valence electrons. The Hall–Kier alpha value is -2.39. The summed E-state index contributed by atoms with van der Waals surface area (Å²) in [5, 5.41) is 15.8. The molecule has 1 amide bonds. The summed E-state index contributed by atoms with van der Waals surface area (Å²) in [6.07, 6.45) is 0.639. The molecule has 6 nitrogen and oxygen atoms in total. The lowest BCUT2D eigenvalue weighted by molar-refractivity contribution is -0.113. The molecule has 0 aliphatic carbocycles. The Morgan fingerprint density at radius 3 is 2.45 bits per heavy atom. The van der Waals surface area contributed by atoms with Gasteiger partial charge in [-0.3, -0.25) is 4.79 Å². The van der Waals surface area contributed by atoms with E-state index in [4.69, 9.17) is 23.2 Å². The molecule has 2 aromatic carbocycles. The minimum atomic E-state index is -0.149. The van der Waals surface area contributed by atoms with Crippen LogP contribution in [0.15, 0.2) is 59.1 Å². The monoisotopic (exact) mass is 489 g/mol. The summed E-state index contributed by atoms with van der Waals surface area (Å²) in [6.45, 7) is 0. The van der Waals surface area contributed by atoms with E-state index in [2.05, 4.69) is 20.5 Å². The molecule has 0 aliphatic heterocycles. The number of nitrogens with zero attached hydrogens (tertiary/aromatic N) is 4. The highest BCUT2D eigenvalue weighted by molar-refractivity contribution is 7.99. The maximum Gasteiger partial charge on any atom is 0.236 e. The minimum Gasteiger partial charge on any atom is -0.309 e. The molecule has 0 aliphatic rings. The summed E-state index contributed by atoms with van der Waals surface area (Å²) in [4.78, 5) is 16.8. The van der Waals surface area contributed by atoms with Crippen molar-refractivity contribution in [3.05, 3.63) is 75.3 Å². The van der Waals surface area contributed by atoms with E-state index in [-0.39, 0.29) is 11.7 Å². The number of thiazole rings is 1. The van der Waals surface area contributed by atoms with Crippen LogP contribution in [-0.2, 0) is 18.3 Å². The zero-order chi connectivity index (χ0) is 21.8. The fourth-order valence-corrected chi connectivity index (χ4v) is 4.50. The number of carbonyl (C=O) groups is 1. The lowest BCUT2D eigenvalue weighted by Gasteiger charge is -2.04. The van der Waals surface area contributed by atoms with Gasteiger partial charge in [0.15, 0.2) is 10.3 Å². The van der Waals surface area contributed by atoms with Gasteiger partial charge in [-0.2, -0.15) is 0 Å². The van der Waals surface area contributed by atoms with Gasteiger partial charge in [0, 0.05) is 34.5 Å². The Balaban J connectivity index is 1.32. The zero-order valence-corrected chi connectivity index (χ0v) is 19.5. The molecule has 0 bridgehead atoms. The van der Waals surface area contributed by atoms with Gasteiger partial charge >= 0.3 is 0 Å². The molecule has 0 radical (unpaired) electrons. The highest BCUT2D eigenvalue weighted by Gasteiger charge is 2.13. The van der Waals surface area contributed by atoms with Gasteiger partial charge in [-0.05, 0) is 29.8 Å². The molecule has 0 saturated carbocycles. The van der Waals surface area contributed by atoms with Crippen LogP contribution in [0.5, 0.6) is 0 Å². The third-order valence-electron chi connectivity index (χ3n) is 4.42. The first-order valence-corrected chi connectivity index (χ1v) is 11.9. The van der Waals surface area contributed by atoms with Crippen molar-refractivity contribution >= 4 is 57.3 Å². The Bertz CT molecular complexity index is 1190. The first kappa shape index (κ1) is 21.8. The molecule has 1 N–H and O–H groups in total. The summed E-state index contributed by atoms with van der Waals surface area (Å²) in [5.41, 5.74) is 2.84. The van der Waals surface area contributed by atoms with Gasteiger partial charge in [0.05, 0.1) is 11.4 Å². The van der Waals surface area contributed by atoms with Crippen LogP contribution in [0, 0.1) is 0 Å². The molecule has 2 aromatic heterocycles. The number of benzene rings is 2. The molecule has 0 fully saturated rings. The molecule has 0 unspecified atom stereocenters. The number of rotatable bonds is 7. The van der Waals surface area contributed by atoms with Crippen molar-refractivity contribution in [2.45, 2.75) is 11.6 Å². The third-order valence-corrected chi connectivity index (χ3v) is 6.71. The van der Waals surface area contributed by atoms with Gasteiger partial charge in [0.25, 0.3) is 0 Å². The van der Waals surface area contributed by atoms with Crippen LogP contribution >= 0.6 is 46.3 Å². The van der Waals surface area contributed by atoms with Crippen molar-refractivity contribution < 1.29 is 4.79 Å². The number of thioether (sulfide) groups is 1. The smallest absolute Gasteiger partial charge is 0.236 e. The van der Waals surface area contributed by atoms with Gasteiger partial charge in [0.1, 0.15) is 5.82 Å². The van der Waals surface area contributed by atoms with Crippen molar-refractivity contribution in [3.8, 4) is 11.3 Å². The van der Waals surface area contributed by atoms with Gasteiger partial charge in [-0.25, -0.2) is 4.98 Å². The maximum absolute atomic E-state index is 12.4. The van der Waals surface area contributed by atoms with Crippen molar-refractivity contribution in [1.82, 2.24) is 19.7 Å². The Labute approximate surface area is 197 Å². The lowest BCUT2D eigenvalue weighted by Crippen LogP contribution is -2.14. The van der Waals surface area contributed by atoms with Crippen LogP contribution in [0.2, 0.25) is 10.0 Å². The predicted molar refractivity (Wildman–Crippen MR) is 127 cm³/mol. The summed E-state index contributed by atoms with van der Waals surface area (Å²) in [7, 11) is 1.89. The second-order valence-corrected chi connectivity index (χ2v) is 9.32. The molecule has 31 heavy (non-hydrogen) atoms. The summed E-state index contributed by atoms with van der Waals surface area (Å²) < 4.78 is 1.90. The molecule has 2 heterocycles. The molecule has 4 aromatic rings. The standard InChI is InChI=1S/C21H17Cl2N5OS2/c1-28-18(10-13-2-6-15(22)7-3-13)26-27-21(28)31-12-19(29)25-20-24-17(11-30-20)14-4-8-16(23)9-5-14/h2-9,11H,10,12H2,1H3,(H,24,25,29). The maximum atomic E-state index is 12.4. The van der Waals surface area contributed by atoms with E-state index in [1.165, 1.54) is 23.1 Å². The minimum absolute atomic E-state index is 0.149. The predicted octanol–water partition coefficient (Wildman–Crippen LogP) is 5.57. The first-order chi connectivity index (χ1) is 15.0. The number of anilines is 1. The summed E-state index contributed by atoms with van der Waals surface area (Å²) >= 11 is 14.6. The van der Waals surface area contributed by atoms with Crippen LogP contribution in [0.1, 0.15) is 11.4 Å². The molecular formula is C21H17Cl2N5OS2. The topological polar surface area (TPSA) is 72.7 Å². The van der Waals surface area contributed by atoms with Crippen LogP contribution < -0.4 is 5.32 Å². The van der Waals surface area contributed by atoms with Crippen LogP contribution in [0.4, 0.5) is 5.13 Å². The van der Waals surface area contributed by atoms with Crippen LogP contribution in [-0.4, -0.2) is 31.4 Å². The van der Waals surface area contributed by atoms with Gasteiger partial charge in [-0.1, -0.05) is 59.2 Å². The average Bonchev–Trinajstić information content (AvgIpc) is 3.36. The summed E-state index contributed by atoms with van der Waals surface area (Å²) in [5.74, 6) is 0.880. The Kier molecular flexibility index (Phi) is 6.92. The number of hydrogen-bond acceptors (Lipinski definition) is 6. The molecule has 10 heteroatoms. The number of nitrogens with one attached hydrogen (secondary N) is 1. The van der Waals surface area contributed by atoms with Crippen LogP contribution in [0.25, 0.3) is 11.3 Å². The average molecular weight is 490 g/mol. The van der Waals surface area contributed by atoms with E-state index in [1.54, 1.807) is 0 Å². The molecule has 0 saturated heterocycles. The second kappa shape index (κ2) is 9.82. The fourth-order valence-electron chi connectivity index (χ4n) is 2.78. The van der Waals surface area contributed by atoms with Crippen LogP contribution in [0.3, 0.4) is 0 Å². The van der Waals surface area contributed by atoms with Gasteiger partial charge in [0.2, 0.25) is 5.91 Å². The van der Waals surface area contributed by atoms with E-state index in [0.29, 0.717) is 26.8 Å². The van der Waals surface area contributed by atoms with Crippen molar-refractivity contribution in [2.24, 2.45) is 7.05 Å². The van der Waals surface area contributed by atoms with Gasteiger partial charge in [-0.15, -0.1) is 21.5 Å². The Morgan fingerprint density at radius 2 is 1.74 bits per heavy atom. The molecule has 0 spiro atoms. The number of amides is 1. The third kappa shape index (κ3) is 5.65. The second-order valence-electron chi connectivity index (χ2n) is 6.64. The van der Waals surface area contributed by atoms with Crippen molar-refractivity contribution in [1.29, 1.82) is 0 Å². The van der Waals surface area contributed by atoms with Gasteiger partial charge < -0.3 is 9.88 Å². The number of hydrogen-bond donors (Lipinski definition) is 1. The van der Waals surface area contributed by atoms with Crippen molar-refractivity contribution in [3.63, 3.8) is 0 Å². The fraction of sp³-hybridized carbons (Fsp3) is 0.143. The number of aromatic nitrogens is 4. The Morgan fingerprint density at radius 1 is 1.06 bits per heavy atom. The lowest BCUT2D eigenvalue weighted by atomic mass is 10.1. The van der Waals surface area contributed by atoms with E-state index in [1.807, 2.05) is 65.5 Å². The largest absolute Gasteiger partial charge is 0.309 e. The van der Waals surface area contributed by atoms with E-state index >= 15 is 0 Å². The molecular weight excluding hydrogens is 473 g/mol. The number of halogens is 2.